The van der Waals surface area contributed by atoms with Crippen molar-refractivity contribution in [2.75, 3.05) is 6.54 Å². The number of hydrogen-bond acceptors (Lipinski definition) is 6. The Hall–Kier alpha value is -3.16. The highest BCUT2D eigenvalue weighted by atomic mass is 32.2. The van der Waals surface area contributed by atoms with Crippen molar-refractivity contribution >= 4 is 46.3 Å². The highest BCUT2D eigenvalue weighted by molar-refractivity contribution is 8.26. The first-order chi connectivity index (χ1) is 14.6. The molecule has 0 spiro atoms. The minimum Gasteiger partial charge on any atom is -0.457 e. The molecule has 1 aromatic heterocycles. The lowest BCUT2D eigenvalue weighted by Gasteiger charge is -2.14. The summed E-state index contributed by atoms with van der Waals surface area (Å²) in [5, 5.41) is 0. The van der Waals surface area contributed by atoms with Gasteiger partial charge in [0.15, 0.2) is 0 Å². The van der Waals surface area contributed by atoms with E-state index in [1.165, 1.54) is 24.1 Å². The van der Waals surface area contributed by atoms with E-state index in [4.69, 9.17) is 21.4 Å². The van der Waals surface area contributed by atoms with E-state index in [9.17, 15) is 9.59 Å². The third-order valence-corrected chi connectivity index (χ3v) is 5.83. The molecule has 2 heterocycles. The fourth-order valence-electron chi connectivity index (χ4n) is 2.91. The number of thioether (sulfide) groups is 1. The Bertz CT molecular complexity index is 1090. The number of rotatable bonds is 6. The molecule has 1 fully saturated rings. The van der Waals surface area contributed by atoms with Gasteiger partial charge in [-0.25, -0.2) is 4.79 Å². The fourth-order valence-corrected chi connectivity index (χ4v) is 4.22. The molecule has 7 heteroatoms. The van der Waals surface area contributed by atoms with Gasteiger partial charge in [-0.2, -0.15) is 0 Å². The molecule has 0 atom stereocenters. The second-order valence-electron chi connectivity index (χ2n) is 6.50. The number of hydrogen-bond donors (Lipinski definition) is 0. The van der Waals surface area contributed by atoms with Gasteiger partial charge in [-0.05, 0) is 47.9 Å². The molecule has 3 aromatic rings. The van der Waals surface area contributed by atoms with Gasteiger partial charge in [-0.15, -0.1) is 0 Å². The zero-order valence-electron chi connectivity index (χ0n) is 15.8. The van der Waals surface area contributed by atoms with Gasteiger partial charge in [0.1, 0.15) is 10.1 Å². The summed E-state index contributed by atoms with van der Waals surface area (Å²) in [4.78, 5) is 26.9. The molecule has 0 saturated carbocycles. The second kappa shape index (κ2) is 9.11. The SMILES string of the molecule is O=C(Oc1ccc(C=C2SC(=S)N(CCc3ccccc3)C2=O)cc1)c1ccco1. The molecule has 0 radical (unpaired) electrons. The van der Waals surface area contributed by atoms with Crippen molar-refractivity contribution in [2.24, 2.45) is 0 Å². The molecule has 1 saturated heterocycles. The first-order valence-electron chi connectivity index (χ1n) is 9.25. The fraction of sp³-hybridized carbons (Fsp3) is 0.0870. The van der Waals surface area contributed by atoms with Crippen LogP contribution in [0, 0.1) is 0 Å². The average Bonchev–Trinajstić information content (AvgIpc) is 3.38. The molecule has 0 aliphatic carbocycles. The summed E-state index contributed by atoms with van der Waals surface area (Å²) in [5.74, 6) is -0.122. The Morgan fingerprint density at radius 3 is 2.53 bits per heavy atom. The summed E-state index contributed by atoms with van der Waals surface area (Å²) in [6.07, 6.45) is 3.95. The lowest BCUT2D eigenvalue weighted by molar-refractivity contribution is -0.122. The van der Waals surface area contributed by atoms with E-state index >= 15 is 0 Å². The monoisotopic (exact) mass is 435 g/mol. The number of amides is 1. The van der Waals surface area contributed by atoms with Crippen LogP contribution in [0.1, 0.15) is 21.7 Å². The van der Waals surface area contributed by atoms with Gasteiger partial charge < -0.3 is 9.15 Å². The highest BCUT2D eigenvalue weighted by Crippen LogP contribution is 2.33. The van der Waals surface area contributed by atoms with Crippen LogP contribution in [0.25, 0.3) is 6.08 Å². The van der Waals surface area contributed by atoms with Crippen molar-refractivity contribution in [1.29, 1.82) is 0 Å². The van der Waals surface area contributed by atoms with Crippen LogP contribution in [-0.2, 0) is 11.2 Å². The summed E-state index contributed by atoms with van der Waals surface area (Å²) in [5.41, 5.74) is 1.98. The maximum Gasteiger partial charge on any atom is 0.379 e. The number of esters is 1. The molecule has 0 N–H and O–H groups in total. The topological polar surface area (TPSA) is 59.8 Å². The first-order valence-corrected chi connectivity index (χ1v) is 10.5. The summed E-state index contributed by atoms with van der Waals surface area (Å²) < 4.78 is 10.8. The van der Waals surface area contributed by atoms with Gasteiger partial charge in [0, 0.05) is 6.54 Å². The number of carbonyl (C=O) groups excluding carboxylic acids is 2. The molecule has 4 rings (SSSR count). The van der Waals surface area contributed by atoms with Gasteiger partial charge in [0.2, 0.25) is 5.76 Å². The predicted octanol–water partition coefficient (Wildman–Crippen LogP) is 4.94. The van der Waals surface area contributed by atoms with Gasteiger partial charge in [0.05, 0.1) is 11.2 Å². The van der Waals surface area contributed by atoms with E-state index in [0.717, 1.165) is 17.5 Å². The molecule has 1 aliphatic heterocycles. The molecular formula is C23H17NO4S2. The number of carbonyl (C=O) groups is 2. The van der Waals surface area contributed by atoms with Crippen molar-refractivity contribution in [2.45, 2.75) is 6.42 Å². The molecule has 2 aromatic carbocycles. The number of benzene rings is 2. The van der Waals surface area contributed by atoms with Crippen LogP contribution in [0.3, 0.4) is 0 Å². The molecule has 0 bridgehead atoms. The quantitative estimate of drug-likeness (QED) is 0.237. The van der Waals surface area contributed by atoms with Crippen molar-refractivity contribution < 1.29 is 18.7 Å². The van der Waals surface area contributed by atoms with Crippen LogP contribution in [-0.4, -0.2) is 27.6 Å². The summed E-state index contributed by atoms with van der Waals surface area (Å²) >= 11 is 6.69. The van der Waals surface area contributed by atoms with Crippen LogP contribution in [0.5, 0.6) is 5.75 Å². The van der Waals surface area contributed by atoms with E-state index in [1.807, 2.05) is 30.3 Å². The second-order valence-corrected chi connectivity index (χ2v) is 8.18. The van der Waals surface area contributed by atoms with E-state index in [0.29, 0.717) is 21.5 Å². The molecule has 0 unspecified atom stereocenters. The summed E-state index contributed by atoms with van der Waals surface area (Å²) in [6, 6.07) is 20.1. The molecule has 150 valence electrons. The van der Waals surface area contributed by atoms with Crippen LogP contribution in [0.4, 0.5) is 0 Å². The summed E-state index contributed by atoms with van der Waals surface area (Å²) in [7, 11) is 0. The largest absolute Gasteiger partial charge is 0.457 e. The lowest BCUT2D eigenvalue weighted by Crippen LogP contribution is -2.30. The van der Waals surface area contributed by atoms with Crippen LogP contribution < -0.4 is 4.74 Å². The van der Waals surface area contributed by atoms with E-state index in [-0.39, 0.29) is 11.7 Å². The zero-order valence-corrected chi connectivity index (χ0v) is 17.4. The Kier molecular flexibility index (Phi) is 6.11. The third kappa shape index (κ3) is 4.69. The molecule has 1 aliphatic rings. The highest BCUT2D eigenvalue weighted by Gasteiger charge is 2.31. The third-order valence-electron chi connectivity index (χ3n) is 4.45. The smallest absolute Gasteiger partial charge is 0.379 e. The minimum absolute atomic E-state index is 0.0887. The number of nitrogens with zero attached hydrogens (tertiary/aromatic N) is 1. The van der Waals surface area contributed by atoms with Gasteiger partial charge >= 0.3 is 5.97 Å². The minimum atomic E-state index is -0.563. The number of ether oxygens (including phenoxy) is 1. The molecule has 1 amide bonds. The van der Waals surface area contributed by atoms with Crippen molar-refractivity contribution in [1.82, 2.24) is 4.90 Å². The standard InChI is InChI=1S/C23H17NO4S2/c25-21-20(30-23(29)24(21)13-12-16-5-2-1-3-6-16)15-17-8-10-18(11-9-17)28-22(26)19-7-4-14-27-19/h1-11,14-15H,12-13H2. The number of thiocarbonyl (C=S) groups is 1. The van der Waals surface area contributed by atoms with Crippen molar-refractivity contribution in [3.05, 3.63) is 94.8 Å². The van der Waals surface area contributed by atoms with Crippen LogP contribution in [0.15, 0.2) is 82.3 Å². The maximum absolute atomic E-state index is 12.8. The van der Waals surface area contributed by atoms with Crippen LogP contribution in [0.2, 0.25) is 0 Å². The van der Waals surface area contributed by atoms with Crippen molar-refractivity contribution in [3.63, 3.8) is 0 Å². The number of furan rings is 1. The maximum atomic E-state index is 12.8. The van der Waals surface area contributed by atoms with Crippen molar-refractivity contribution in [3.8, 4) is 5.75 Å². The Balaban J connectivity index is 1.40. The normalized spacial score (nSPS) is 15.1. The van der Waals surface area contributed by atoms with Gasteiger partial charge in [-0.1, -0.05) is 66.4 Å². The molecule has 30 heavy (non-hydrogen) atoms. The van der Waals surface area contributed by atoms with Gasteiger partial charge in [-0.3, -0.25) is 9.69 Å². The Labute approximate surface area is 183 Å². The predicted molar refractivity (Wildman–Crippen MR) is 120 cm³/mol. The molecule has 5 nitrogen and oxygen atoms in total. The zero-order chi connectivity index (χ0) is 20.9. The van der Waals surface area contributed by atoms with E-state index < -0.39 is 5.97 Å². The average molecular weight is 436 g/mol. The summed E-state index contributed by atoms with van der Waals surface area (Å²) in [6.45, 7) is 0.549. The Morgan fingerprint density at radius 1 is 1.07 bits per heavy atom. The van der Waals surface area contributed by atoms with E-state index in [1.54, 1.807) is 41.3 Å². The lowest BCUT2D eigenvalue weighted by atomic mass is 10.1. The molecular weight excluding hydrogens is 418 g/mol. The van der Waals surface area contributed by atoms with E-state index in [2.05, 4.69) is 0 Å². The first kappa shape index (κ1) is 20.1. The van der Waals surface area contributed by atoms with Gasteiger partial charge in [0.25, 0.3) is 5.91 Å². The Morgan fingerprint density at radius 2 is 1.83 bits per heavy atom. The van der Waals surface area contributed by atoms with Crippen LogP contribution >= 0.6 is 24.0 Å².